The predicted molar refractivity (Wildman–Crippen MR) is 117 cm³/mol. The largest absolute Gasteiger partial charge is 0.466 e. The molecule has 9 heteroatoms. The van der Waals surface area contributed by atoms with Crippen molar-refractivity contribution in [1.82, 2.24) is 4.90 Å². The molecule has 0 saturated heterocycles. The van der Waals surface area contributed by atoms with E-state index in [9.17, 15) is 19.5 Å². The maximum atomic E-state index is 12.9. The van der Waals surface area contributed by atoms with Crippen molar-refractivity contribution in [3.8, 4) is 0 Å². The molecule has 162 valence electrons. The van der Waals surface area contributed by atoms with Gasteiger partial charge in [0.2, 0.25) is 0 Å². The third kappa shape index (κ3) is 4.87. The number of aliphatic hydroxyl groups is 1. The molecular formula is C22H22ClN3O5. The predicted octanol–water partition coefficient (Wildman–Crippen LogP) is 2.57. The van der Waals surface area contributed by atoms with Crippen LogP contribution in [-0.4, -0.2) is 54.6 Å². The second-order valence-corrected chi connectivity index (χ2v) is 7.29. The number of carbonyl (C=O) groups is 3. The number of nitrogens with zero attached hydrogens (tertiary/aromatic N) is 1. The molecule has 0 bridgehead atoms. The zero-order valence-corrected chi connectivity index (χ0v) is 17.8. The molecule has 3 N–H and O–H groups in total. The molecule has 2 amide bonds. The van der Waals surface area contributed by atoms with E-state index in [1.807, 2.05) is 6.92 Å². The zero-order chi connectivity index (χ0) is 22.5. The minimum Gasteiger partial charge on any atom is -0.466 e. The Morgan fingerprint density at radius 1 is 1.23 bits per heavy atom. The second kappa shape index (κ2) is 9.63. The summed E-state index contributed by atoms with van der Waals surface area (Å²) in [5.41, 5.74) is 2.16. The summed E-state index contributed by atoms with van der Waals surface area (Å²) in [7, 11) is 1.22. The maximum Gasteiger partial charge on any atom is 0.337 e. The lowest BCUT2D eigenvalue weighted by Crippen LogP contribution is -2.31. The van der Waals surface area contributed by atoms with Gasteiger partial charge in [0.15, 0.2) is 0 Å². The van der Waals surface area contributed by atoms with Crippen molar-refractivity contribution in [1.29, 1.82) is 0 Å². The second-order valence-electron chi connectivity index (χ2n) is 6.88. The number of hydrogen-bond acceptors (Lipinski definition) is 6. The molecule has 0 fully saturated rings. The Labute approximate surface area is 184 Å². The van der Waals surface area contributed by atoms with E-state index in [1.54, 1.807) is 42.5 Å². The van der Waals surface area contributed by atoms with Gasteiger partial charge in [0.25, 0.3) is 11.8 Å². The molecule has 1 heterocycles. The standard InChI is InChI=1S/C22H22ClN3O5/c1-13-7-8-14(11-17(13)23)24-20(28)15-5-3-4-6-18(15)25-19-16(22(30)31-2)12-26(9-10-27)21(19)29/h3-8,11,25,27H,9-10,12H2,1-2H3,(H,24,28). The van der Waals surface area contributed by atoms with Crippen molar-refractivity contribution in [3.63, 3.8) is 0 Å². The van der Waals surface area contributed by atoms with Gasteiger partial charge in [-0.3, -0.25) is 9.59 Å². The normalized spacial score (nSPS) is 13.4. The Hall–Kier alpha value is -3.36. The SMILES string of the molecule is COC(=O)C1=C(Nc2ccccc2C(=O)Nc2ccc(C)c(Cl)c2)C(=O)N(CCO)C1. The summed E-state index contributed by atoms with van der Waals surface area (Å²) in [6, 6.07) is 11.8. The third-order valence-corrected chi connectivity index (χ3v) is 5.22. The molecule has 0 saturated carbocycles. The summed E-state index contributed by atoms with van der Waals surface area (Å²) in [6.45, 7) is 1.69. The van der Waals surface area contributed by atoms with Gasteiger partial charge in [0.05, 0.1) is 37.1 Å². The molecule has 31 heavy (non-hydrogen) atoms. The topological polar surface area (TPSA) is 108 Å². The van der Waals surface area contributed by atoms with E-state index in [2.05, 4.69) is 10.6 Å². The van der Waals surface area contributed by atoms with Crippen molar-refractivity contribution >= 4 is 40.8 Å². The molecule has 0 radical (unpaired) electrons. The van der Waals surface area contributed by atoms with Crippen molar-refractivity contribution in [2.45, 2.75) is 6.92 Å². The lowest BCUT2D eigenvalue weighted by Gasteiger charge is -2.16. The van der Waals surface area contributed by atoms with Gasteiger partial charge in [-0.2, -0.15) is 0 Å². The summed E-state index contributed by atoms with van der Waals surface area (Å²) in [5.74, 6) is -1.54. The van der Waals surface area contributed by atoms with Crippen LogP contribution in [0.3, 0.4) is 0 Å². The zero-order valence-electron chi connectivity index (χ0n) is 17.1. The summed E-state index contributed by atoms with van der Waals surface area (Å²) < 4.78 is 4.78. The highest BCUT2D eigenvalue weighted by Crippen LogP contribution is 2.26. The lowest BCUT2D eigenvalue weighted by molar-refractivity contribution is -0.136. The van der Waals surface area contributed by atoms with Crippen molar-refractivity contribution in [3.05, 3.63) is 69.9 Å². The average Bonchev–Trinajstić information content (AvgIpc) is 3.06. The number of amides is 2. The van der Waals surface area contributed by atoms with E-state index < -0.39 is 17.8 Å². The molecule has 0 atom stereocenters. The smallest absolute Gasteiger partial charge is 0.337 e. The van der Waals surface area contributed by atoms with E-state index in [4.69, 9.17) is 16.3 Å². The van der Waals surface area contributed by atoms with Gasteiger partial charge in [-0.1, -0.05) is 29.8 Å². The average molecular weight is 444 g/mol. The first-order chi connectivity index (χ1) is 14.8. The Balaban J connectivity index is 1.90. The fraction of sp³-hybridized carbons (Fsp3) is 0.227. The molecule has 0 spiro atoms. The summed E-state index contributed by atoms with van der Waals surface area (Å²) in [4.78, 5) is 39.1. The summed E-state index contributed by atoms with van der Waals surface area (Å²) >= 11 is 6.13. The van der Waals surface area contributed by atoms with Crippen LogP contribution in [0.1, 0.15) is 15.9 Å². The fourth-order valence-electron chi connectivity index (χ4n) is 3.14. The van der Waals surface area contributed by atoms with E-state index >= 15 is 0 Å². The maximum absolute atomic E-state index is 12.9. The number of anilines is 2. The van der Waals surface area contributed by atoms with Crippen molar-refractivity contribution in [2.75, 3.05) is 37.4 Å². The molecule has 0 aromatic heterocycles. The minimum atomic E-state index is -0.660. The Morgan fingerprint density at radius 3 is 2.65 bits per heavy atom. The molecule has 8 nitrogen and oxygen atoms in total. The van der Waals surface area contributed by atoms with Gasteiger partial charge >= 0.3 is 5.97 Å². The Bertz CT molecular complexity index is 1070. The molecule has 2 aromatic rings. The highest BCUT2D eigenvalue weighted by atomic mass is 35.5. The van der Waals surface area contributed by atoms with E-state index in [0.717, 1.165) is 5.56 Å². The van der Waals surface area contributed by atoms with Crippen LogP contribution in [0.4, 0.5) is 11.4 Å². The van der Waals surface area contributed by atoms with Gasteiger partial charge in [-0.05, 0) is 36.8 Å². The van der Waals surface area contributed by atoms with Crippen molar-refractivity contribution in [2.24, 2.45) is 0 Å². The number of rotatable bonds is 7. The number of ether oxygens (including phenoxy) is 1. The van der Waals surface area contributed by atoms with Crippen LogP contribution in [0.15, 0.2) is 53.7 Å². The number of β-amino-alcohol motifs (C(OH)–C–C–N with tert-alkyl or cyclic N) is 1. The number of halogens is 1. The van der Waals surface area contributed by atoms with Gasteiger partial charge in [0.1, 0.15) is 5.70 Å². The number of carbonyl (C=O) groups excluding carboxylic acids is 3. The third-order valence-electron chi connectivity index (χ3n) is 4.81. The molecule has 1 aliphatic heterocycles. The number of esters is 1. The minimum absolute atomic E-state index is 0.00459. The van der Waals surface area contributed by atoms with E-state index in [-0.39, 0.29) is 36.5 Å². The fourth-order valence-corrected chi connectivity index (χ4v) is 3.32. The molecule has 0 aliphatic carbocycles. The van der Waals surface area contributed by atoms with E-state index in [1.165, 1.54) is 12.0 Å². The van der Waals surface area contributed by atoms with E-state index in [0.29, 0.717) is 16.4 Å². The molecule has 3 rings (SSSR count). The first kappa shape index (κ1) is 22.3. The van der Waals surface area contributed by atoms with Crippen LogP contribution >= 0.6 is 11.6 Å². The molecule has 1 aliphatic rings. The Morgan fingerprint density at radius 2 is 1.97 bits per heavy atom. The summed E-state index contributed by atoms with van der Waals surface area (Å²) in [5, 5.41) is 15.4. The quantitative estimate of drug-likeness (QED) is 0.568. The monoisotopic (exact) mass is 443 g/mol. The van der Waals surface area contributed by atoms with Crippen molar-refractivity contribution < 1.29 is 24.2 Å². The number of aryl methyl sites for hydroxylation is 1. The number of hydrogen-bond donors (Lipinski definition) is 3. The van der Waals surface area contributed by atoms with Gasteiger partial charge in [-0.15, -0.1) is 0 Å². The summed E-state index contributed by atoms with van der Waals surface area (Å²) in [6.07, 6.45) is 0. The Kier molecular flexibility index (Phi) is 6.94. The lowest BCUT2D eigenvalue weighted by atomic mass is 10.1. The van der Waals surface area contributed by atoms with Crippen LogP contribution < -0.4 is 10.6 Å². The molecular weight excluding hydrogens is 422 g/mol. The number of nitrogens with one attached hydrogen (secondary N) is 2. The first-order valence-electron chi connectivity index (χ1n) is 9.50. The van der Waals surface area contributed by atoms with Crippen LogP contribution in [0.2, 0.25) is 5.02 Å². The highest BCUT2D eigenvalue weighted by molar-refractivity contribution is 6.31. The van der Waals surface area contributed by atoms with Crippen LogP contribution in [0.5, 0.6) is 0 Å². The number of methoxy groups -OCH3 is 1. The number of para-hydroxylation sites is 1. The van der Waals surface area contributed by atoms with Gasteiger partial charge in [-0.25, -0.2) is 4.79 Å². The van der Waals surface area contributed by atoms with Crippen LogP contribution in [0.25, 0.3) is 0 Å². The van der Waals surface area contributed by atoms with Crippen LogP contribution in [-0.2, 0) is 14.3 Å². The molecule has 0 unspecified atom stereocenters. The number of aliphatic hydroxyl groups excluding tert-OH is 1. The van der Waals surface area contributed by atoms with Gasteiger partial charge < -0.3 is 25.4 Å². The van der Waals surface area contributed by atoms with Crippen LogP contribution in [0, 0.1) is 6.92 Å². The number of benzene rings is 2. The highest BCUT2D eigenvalue weighted by Gasteiger charge is 2.34. The first-order valence-corrected chi connectivity index (χ1v) is 9.88. The van der Waals surface area contributed by atoms with Gasteiger partial charge in [0, 0.05) is 17.3 Å². The molecule has 2 aromatic carbocycles.